The molecule has 0 saturated carbocycles. The molecule has 1 atom stereocenters. The lowest BCUT2D eigenvalue weighted by atomic mass is 10.1. The highest BCUT2D eigenvalue weighted by atomic mass is 35.5. The van der Waals surface area contributed by atoms with Gasteiger partial charge in [-0.25, -0.2) is 17.9 Å². The lowest BCUT2D eigenvalue weighted by molar-refractivity contribution is 0.0183. The molecule has 0 aliphatic carbocycles. The minimum Gasteiger partial charge on any atom is -0.444 e. The predicted molar refractivity (Wildman–Crippen MR) is 116 cm³/mol. The van der Waals surface area contributed by atoms with Gasteiger partial charge in [0.25, 0.3) is 5.56 Å². The molecule has 3 rings (SSSR count). The molecule has 174 valence electrons. The van der Waals surface area contributed by atoms with Gasteiger partial charge in [0.05, 0.1) is 36.9 Å². The third kappa shape index (κ3) is 5.89. The second kappa shape index (κ2) is 9.33. The van der Waals surface area contributed by atoms with E-state index >= 15 is 0 Å². The first kappa shape index (κ1) is 23.8. The summed E-state index contributed by atoms with van der Waals surface area (Å²) in [5.74, 6) is -0.0189. The van der Waals surface area contributed by atoms with Crippen LogP contribution in [0.25, 0.3) is 0 Å². The molecule has 1 unspecified atom stereocenters. The van der Waals surface area contributed by atoms with Crippen molar-refractivity contribution in [2.24, 2.45) is 0 Å². The number of likely N-dealkylation sites (tertiary alicyclic amines) is 1. The zero-order chi connectivity index (χ0) is 22.8. The second-order valence-electron chi connectivity index (χ2n) is 8.77. The molecular weight excluding hydrogens is 448 g/mol. The number of nitrogens with one attached hydrogen (secondary N) is 1. The van der Waals surface area contributed by atoms with Crippen molar-refractivity contribution in [1.29, 1.82) is 0 Å². The molecule has 0 spiro atoms. The molecule has 0 bridgehead atoms. The van der Waals surface area contributed by atoms with E-state index in [9.17, 15) is 18.0 Å². The van der Waals surface area contributed by atoms with Crippen molar-refractivity contribution in [2.75, 3.05) is 43.9 Å². The predicted octanol–water partition coefficient (Wildman–Crippen LogP) is 1.69. The molecule has 1 amide bonds. The monoisotopic (exact) mass is 476 g/mol. The van der Waals surface area contributed by atoms with Crippen LogP contribution in [0, 0.1) is 0 Å². The second-order valence-corrected chi connectivity index (χ2v) is 11.5. The van der Waals surface area contributed by atoms with Crippen LogP contribution in [0.2, 0.25) is 5.02 Å². The first-order valence-electron chi connectivity index (χ1n) is 10.3. The standard InChI is InChI=1S/C19H29ClN4O6S/c1-19(2,3)30-18(26)23-6-4-13(5-7-23)24-17(25)16(20)15(11-22-24)21-10-14-12-29-8-9-31(14,27)28/h11,13-14,21H,4-10,12H2,1-3H3. The summed E-state index contributed by atoms with van der Waals surface area (Å²) in [4.78, 5) is 26.6. The summed E-state index contributed by atoms with van der Waals surface area (Å²) >= 11 is 6.26. The first-order valence-corrected chi connectivity index (χ1v) is 12.4. The summed E-state index contributed by atoms with van der Waals surface area (Å²) in [5.41, 5.74) is -0.730. The lowest BCUT2D eigenvalue weighted by Crippen LogP contribution is -2.43. The van der Waals surface area contributed by atoms with Crippen molar-refractivity contribution < 1.29 is 22.7 Å². The van der Waals surface area contributed by atoms with Crippen LogP contribution >= 0.6 is 11.6 Å². The fourth-order valence-electron chi connectivity index (χ4n) is 3.52. The minimum atomic E-state index is -3.24. The Morgan fingerprint density at radius 2 is 2.03 bits per heavy atom. The number of nitrogens with zero attached hydrogens (tertiary/aromatic N) is 3. The Bertz CT molecular complexity index is 967. The van der Waals surface area contributed by atoms with Crippen LogP contribution in [-0.4, -0.2) is 78.6 Å². The summed E-state index contributed by atoms with van der Waals surface area (Å²) in [6.07, 6.45) is 2.16. The molecule has 31 heavy (non-hydrogen) atoms. The molecule has 0 radical (unpaired) electrons. The molecule has 2 aliphatic rings. The van der Waals surface area contributed by atoms with E-state index in [2.05, 4.69) is 10.4 Å². The van der Waals surface area contributed by atoms with Crippen molar-refractivity contribution in [3.8, 4) is 0 Å². The number of carbonyl (C=O) groups excluding carboxylic acids is 1. The van der Waals surface area contributed by atoms with Crippen molar-refractivity contribution in [2.45, 2.75) is 50.5 Å². The van der Waals surface area contributed by atoms with Crippen molar-refractivity contribution in [3.05, 3.63) is 21.6 Å². The quantitative estimate of drug-likeness (QED) is 0.697. The van der Waals surface area contributed by atoms with E-state index in [1.165, 1.54) is 10.9 Å². The van der Waals surface area contributed by atoms with Gasteiger partial charge in [-0.15, -0.1) is 0 Å². The molecular formula is C19H29ClN4O6S. The third-order valence-corrected chi connectivity index (χ3v) is 7.67. The van der Waals surface area contributed by atoms with Gasteiger partial charge in [-0.2, -0.15) is 5.10 Å². The molecule has 1 N–H and O–H groups in total. The maximum Gasteiger partial charge on any atom is 0.410 e. The Morgan fingerprint density at radius 3 is 2.65 bits per heavy atom. The maximum absolute atomic E-state index is 12.8. The maximum atomic E-state index is 12.8. The van der Waals surface area contributed by atoms with E-state index in [1.54, 1.807) is 4.90 Å². The average Bonchev–Trinajstić information content (AvgIpc) is 2.69. The Hall–Kier alpha value is -1.85. The largest absolute Gasteiger partial charge is 0.444 e. The van der Waals surface area contributed by atoms with E-state index in [4.69, 9.17) is 21.1 Å². The van der Waals surface area contributed by atoms with E-state index < -0.39 is 26.2 Å². The number of hydrogen-bond donors (Lipinski definition) is 1. The van der Waals surface area contributed by atoms with Crippen LogP contribution in [0.3, 0.4) is 0 Å². The summed E-state index contributed by atoms with van der Waals surface area (Å²) in [6.45, 7) is 6.73. The summed E-state index contributed by atoms with van der Waals surface area (Å²) < 4.78 is 36.2. The zero-order valence-corrected chi connectivity index (χ0v) is 19.5. The van der Waals surface area contributed by atoms with Gasteiger partial charge in [0.1, 0.15) is 15.9 Å². The number of halogens is 1. The number of rotatable bonds is 4. The molecule has 3 heterocycles. The van der Waals surface area contributed by atoms with E-state index in [1.807, 2.05) is 20.8 Å². The smallest absolute Gasteiger partial charge is 0.410 e. The first-order chi connectivity index (χ1) is 14.5. The number of anilines is 1. The molecule has 0 aromatic carbocycles. The van der Waals surface area contributed by atoms with E-state index in [0.717, 1.165) is 0 Å². The Kier molecular flexibility index (Phi) is 7.17. The number of piperidine rings is 1. The minimum absolute atomic E-state index is 0.0189. The fourth-order valence-corrected chi connectivity index (χ4v) is 5.04. The zero-order valence-electron chi connectivity index (χ0n) is 18.0. The third-order valence-electron chi connectivity index (χ3n) is 5.25. The van der Waals surface area contributed by atoms with Gasteiger partial charge >= 0.3 is 6.09 Å². The van der Waals surface area contributed by atoms with Crippen molar-refractivity contribution in [3.63, 3.8) is 0 Å². The van der Waals surface area contributed by atoms with Gasteiger partial charge in [-0.1, -0.05) is 11.6 Å². The molecule has 2 aliphatic heterocycles. The van der Waals surface area contributed by atoms with Gasteiger partial charge in [-0.3, -0.25) is 4.79 Å². The van der Waals surface area contributed by atoms with Crippen molar-refractivity contribution in [1.82, 2.24) is 14.7 Å². The topological polar surface area (TPSA) is 120 Å². The van der Waals surface area contributed by atoms with Crippen LogP contribution in [0.4, 0.5) is 10.5 Å². The summed E-state index contributed by atoms with van der Waals surface area (Å²) in [6, 6.07) is -0.190. The fraction of sp³-hybridized carbons (Fsp3) is 0.737. The van der Waals surface area contributed by atoms with Gasteiger partial charge < -0.3 is 19.7 Å². The molecule has 2 fully saturated rings. The van der Waals surface area contributed by atoms with Gasteiger partial charge in [0.2, 0.25) is 0 Å². The Balaban J connectivity index is 1.62. The highest BCUT2D eigenvalue weighted by Gasteiger charge is 2.31. The number of hydrogen-bond acceptors (Lipinski definition) is 8. The molecule has 1 aromatic heterocycles. The van der Waals surface area contributed by atoms with Crippen molar-refractivity contribution >= 4 is 33.2 Å². The number of carbonyl (C=O) groups is 1. The van der Waals surface area contributed by atoms with Gasteiger partial charge in [-0.05, 0) is 33.6 Å². The van der Waals surface area contributed by atoms with Gasteiger partial charge in [0.15, 0.2) is 9.84 Å². The van der Waals surface area contributed by atoms with Crippen LogP contribution in [0.15, 0.2) is 11.0 Å². The number of sulfone groups is 1. The lowest BCUT2D eigenvalue weighted by Gasteiger charge is -2.33. The molecule has 2 saturated heterocycles. The van der Waals surface area contributed by atoms with Crippen LogP contribution in [0.1, 0.15) is 39.7 Å². The van der Waals surface area contributed by atoms with Crippen LogP contribution in [-0.2, 0) is 19.3 Å². The van der Waals surface area contributed by atoms with Gasteiger partial charge in [0, 0.05) is 19.6 Å². The van der Waals surface area contributed by atoms with E-state index in [0.29, 0.717) is 25.9 Å². The highest BCUT2D eigenvalue weighted by molar-refractivity contribution is 7.92. The van der Waals surface area contributed by atoms with E-state index in [-0.39, 0.29) is 48.4 Å². The van der Waals surface area contributed by atoms with Crippen LogP contribution in [0.5, 0.6) is 0 Å². The number of ether oxygens (including phenoxy) is 2. The summed E-state index contributed by atoms with van der Waals surface area (Å²) in [7, 11) is -3.24. The Labute approximate surface area is 186 Å². The molecule has 10 nitrogen and oxygen atoms in total. The average molecular weight is 477 g/mol. The Morgan fingerprint density at radius 1 is 1.35 bits per heavy atom. The number of amides is 1. The highest BCUT2D eigenvalue weighted by Crippen LogP contribution is 2.24. The van der Waals surface area contributed by atoms with Crippen LogP contribution < -0.4 is 10.9 Å². The molecule has 12 heteroatoms. The summed E-state index contributed by atoms with van der Waals surface area (Å²) in [5, 5.41) is 6.41. The molecule has 1 aromatic rings. The normalized spacial score (nSPS) is 22.2. The SMILES string of the molecule is CC(C)(C)OC(=O)N1CCC(n2ncc(NCC3COCCS3(=O)=O)c(Cl)c2=O)CC1. The number of aromatic nitrogens is 2.